The summed E-state index contributed by atoms with van der Waals surface area (Å²) in [4.78, 5) is 27.8. The van der Waals surface area contributed by atoms with Crippen molar-refractivity contribution in [2.75, 3.05) is 26.2 Å². The van der Waals surface area contributed by atoms with Gasteiger partial charge in [0, 0.05) is 43.6 Å². The van der Waals surface area contributed by atoms with Gasteiger partial charge in [-0.25, -0.2) is 0 Å². The molecule has 1 fully saturated rings. The zero-order valence-electron chi connectivity index (χ0n) is 11.8. The van der Waals surface area contributed by atoms with Gasteiger partial charge in [0.05, 0.1) is 5.02 Å². The highest BCUT2D eigenvalue weighted by Crippen LogP contribution is 2.25. The van der Waals surface area contributed by atoms with E-state index in [1.54, 1.807) is 28.0 Å². The number of hydrogen-bond donors (Lipinski definition) is 1. The van der Waals surface area contributed by atoms with E-state index in [-0.39, 0.29) is 11.8 Å². The van der Waals surface area contributed by atoms with Crippen molar-refractivity contribution >= 4 is 41.6 Å². The van der Waals surface area contributed by atoms with E-state index in [0.29, 0.717) is 47.2 Å². The van der Waals surface area contributed by atoms with Crippen molar-refractivity contribution in [2.24, 2.45) is 0 Å². The van der Waals surface area contributed by atoms with Crippen LogP contribution in [0.2, 0.25) is 5.02 Å². The summed E-state index contributed by atoms with van der Waals surface area (Å²) >= 11 is 10.2. The zero-order chi connectivity index (χ0) is 15.6. The van der Waals surface area contributed by atoms with Crippen molar-refractivity contribution in [3.63, 3.8) is 0 Å². The average molecular weight is 325 g/mol. The van der Waals surface area contributed by atoms with Gasteiger partial charge >= 0.3 is 0 Å². The monoisotopic (exact) mass is 324 g/mol. The lowest BCUT2D eigenvalue weighted by molar-refractivity contribution is -0.135. The van der Waals surface area contributed by atoms with E-state index in [2.05, 4.69) is 19.2 Å². The lowest BCUT2D eigenvalue weighted by atomic mass is 10.1. The summed E-state index contributed by atoms with van der Waals surface area (Å²) < 4.78 is 0. The van der Waals surface area contributed by atoms with Crippen molar-refractivity contribution in [3.8, 4) is 0 Å². The zero-order valence-corrected chi connectivity index (χ0v) is 13.5. The lowest BCUT2D eigenvalue weighted by Crippen LogP contribution is -2.50. The fourth-order valence-electron chi connectivity index (χ4n) is 2.23. The molecular formula is C15H17ClN2O2S. The van der Waals surface area contributed by atoms with Crippen molar-refractivity contribution < 1.29 is 9.59 Å². The molecule has 2 rings (SSSR count). The molecule has 0 radical (unpaired) electrons. The van der Waals surface area contributed by atoms with E-state index in [4.69, 9.17) is 11.6 Å². The van der Waals surface area contributed by atoms with E-state index in [1.165, 1.54) is 6.92 Å². The lowest BCUT2D eigenvalue weighted by Gasteiger charge is -2.34. The quantitative estimate of drug-likeness (QED) is 0.670. The summed E-state index contributed by atoms with van der Waals surface area (Å²) in [6, 6.07) is 5.21. The van der Waals surface area contributed by atoms with Gasteiger partial charge in [-0.05, 0) is 17.7 Å². The average Bonchev–Trinajstić information content (AvgIpc) is 2.48. The van der Waals surface area contributed by atoms with Gasteiger partial charge in [-0.15, -0.1) is 12.6 Å². The molecule has 1 heterocycles. The van der Waals surface area contributed by atoms with Crippen LogP contribution >= 0.6 is 24.2 Å². The summed E-state index contributed by atoms with van der Waals surface area (Å²) in [5, 5.41) is 0.492. The molecule has 0 unspecified atom stereocenters. The van der Waals surface area contributed by atoms with Gasteiger partial charge in [-0.1, -0.05) is 24.2 Å². The number of carbonyl (C=O) groups excluding carboxylic acids is 2. The standard InChI is InChI=1S/C15H17ClN2O2S/c1-10(12-3-4-14(21)13(16)9-12)15(20)18-7-5-17(6-8-18)11(2)19/h3-4,9,21H,1,5-8H2,2H3. The van der Waals surface area contributed by atoms with Crippen LogP contribution in [-0.2, 0) is 9.59 Å². The first kappa shape index (κ1) is 15.9. The van der Waals surface area contributed by atoms with Crippen molar-refractivity contribution in [1.82, 2.24) is 9.80 Å². The third kappa shape index (κ3) is 3.60. The molecule has 0 bridgehead atoms. The maximum absolute atomic E-state index is 12.4. The van der Waals surface area contributed by atoms with E-state index in [9.17, 15) is 9.59 Å². The van der Waals surface area contributed by atoms with Crippen molar-refractivity contribution in [2.45, 2.75) is 11.8 Å². The topological polar surface area (TPSA) is 40.6 Å². The van der Waals surface area contributed by atoms with E-state index in [0.717, 1.165) is 0 Å². The molecule has 1 aliphatic rings. The van der Waals surface area contributed by atoms with Crippen LogP contribution in [0.3, 0.4) is 0 Å². The summed E-state index contributed by atoms with van der Waals surface area (Å²) in [6.45, 7) is 7.58. The summed E-state index contributed by atoms with van der Waals surface area (Å²) in [5.74, 6) is -0.0849. The Labute approximate surface area is 134 Å². The molecule has 0 aromatic heterocycles. The van der Waals surface area contributed by atoms with Gasteiger partial charge in [-0.3, -0.25) is 9.59 Å². The first-order chi connectivity index (χ1) is 9.90. The van der Waals surface area contributed by atoms with Gasteiger partial charge in [0.1, 0.15) is 0 Å². The molecule has 0 aliphatic carbocycles. The van der Waals surface area contributed by atoms with Crippen LogP contribution in [0.25, 0.3) is 5.57 Å². The predicted octanol–water partition coefficient (Wildman–Crippen LogP) is 2.33. The summed E-state index contributed by atoms with van der Waals surface area (Å²) in [6.07, 6.45) is 0. The molecule has 4 nitrogen and oxygen atoms in total. The fourth-order valence-corrected chi connectivity index (χ4v) is 2.55. The van der Waals surface area contributed by atoms with Crippen LogP contribution in [0.15, 0.2) is 29.7 Å². The number of halogens is 1. The second-order valence-electron chi connectivity index (χ2n) is 4.94. The summed E-state index contributed by atoms with van der Waals surface area (Å²) in [7, 11) is 0. The Morgan fingerprint density at radius 2 is 1.76 bits per heavy atom. The Kier molecular flexibility index (Phi) is 4.96. The van der Waals surface area contributed by atoms with Crippen LogP contribution in [-0.4, -0.2) is 47.8 Å². The van der Waals surface area contributed by atoms with E-state index < -0.39 is 0 Å². The third-order valence-electron chi connectivity index (χ3n) is 3.57. The number of nitrogens with zero attached hydrogens (tertiary/aromatic N) is 2. The Morgan fingerprint density at radius 1 is 1.19 bits per heavy atom. The maximum atomic E-state index is 12.4. The second kappa shape index (κ2) is 6.54. The number of hydrogen-bond acceptors (Lipinski definition) is 3. The number of amides is 2. The molecule has 2 amide bonds. The second-order valence-corrected chi connectivity index (χ2v) is 5.83. The molecule has 0 atom stereocenters. The Balaban J connectivity index is 2.05. The predicted molar refractivity (Wildman–Crippen MR) is 86.6 cm³/mol. The van der Waals surface area contributed by atoms with Gasteiger partial charge in [-0.2, -0.15) is 0 Å². The number of benzene rings is 1. The molecule has 112 valence electrons. The number of thiol groups is 1. The molecule has 1 aliphatic heterocycles. The van der Waals surface area contributed by atoms with Crippen LogP contribution in [0.4, 0.5) is 0 Å². The van der Waals surface area contributed by atoms with E-state index in [1.807, 2.05) is 0 Å². The number of carbonyl (C=O) groups is 2. The van der Waals surface area contributed by atoms with Gasteiger partial charge in [0.15, 0.2) is 0 Å². The highest BCUT2D eigenvalue weighted by molar-refractivity contribution is 7.80. The van der Waals surface area contributed by atoms with Crippen molar-refractivity contribution in [3.05, 3.63) is 35.4 Å². The smallest absolute Gasteiger partial charge is 0.253 e. The van der Waals surface area contributed by atoms with Crippen LogP contribution in [0.5, 0.6) is 0 Å². The largest absolute Gasteiger partial charge is 0.339 e. The van der Waals surface area contributed by atoms with Crippen LogP contribution in [0.1, 0.15) is 12.5 Å². The van der Waals surface area contributed by atoms with Crippen LogP contribution < -0.4 is 0 Å². The minimum atomic E-state index is -0.124. The molecule has 0 spiro atoms. The van der Waals surface area contributed by atoms with Crippen molar-refractivity contribution in [1.29, 1.82) is 0 Å². The molecule has 1 aromatic carbocycles. The molecule has 6 heteroatoms. The Hall–Kier alpha value is -1.46. The SMILES string of the molecule is C=C(C(=O)N1CCN(C(C)=O)CC1)c1ccc(S)c(Cl)c1. The maximum Gasteiger partial charge on any atom is 0.253 e. The highest BCUT2D eigenvalue weighted by atomic mass is 35.5. The molecular weight excluding hydrogens is 308 g/mol. The minimum absolute atomic E-state index is 0.0390. The third-order valence-corrected chi connectivity index (χ3v) is 4.40. The fraction of sp³-hybridized carbons (Fsp3) is 0.333. The van der Waals surface area contributed by atoms with Gasteiger partial charge < -0.3 is 9.80 Å². The molecule has 0 N–H and O–H groups in total. The normalized spacial score (nSPS) is 15.0. The molecule has 1 saturated heterocycles. The van der Waals surface area contributed by atoms with E-state index >= 15 is 0 Å². The first-order valence-corrected chi connectivity index (χ1v) is 7.45. The highest BCUT2D eigenvalue weighted by Gasteiger charge is 2.24. The first-order valence-electron chi connectivity index (χ1n) is 6.62. The minimum Gasteiger partial charge on any atom is -0.339 e. The van der Waals surface area contributed by atoms with Gasteiger partial charge in [0.2, 0.25) is 5.91 Å². The van der Waals surface area contributed by atoms with Crippen LogP contribution in [0, 0.1) is 0 Å². The Morgan fingerprint density at radius 3 is 2.29 bits per heavy atom. The molecule has 0 saturated carbocycles. The van der Waals surface area contributed by atoms with Gasteiger partial charge in [0.25, 0.3) is 5.91 Å². The number of piperazine rings is 1. The number of rotatable bonds is 2. The molecule has 21 heavy (non-hydrogen) atoms. The summed E-state index contributed by atoms with van der Waals surface area (Å²) in [5.41, 5.74) is 1.10. The molecule has 1 aromatic rings. The Bertz CT molecular complexity index is 595.